The van der Waals surface area contributed by atoms with Crippen LogP contribution in [0.5, 0.6) is 0 Å². The summed E-state index contributed by atoms with van der Waals surface area (Å²) in [5.74, 6) is 0.00463. The van der Waals surface area contributed by atoms with E-state index in [1.807, 2.05) is 0 Å². The average molecular weight is 89.1 g/mol. The summed E-state index contributed by atoms with van der Waals surface area (Å²) in [6, 6.07) is 0. The molecular weight excluding hydrogens is 78.0 g/mol. The second-order valence-corrected chi connectivity index (χ2v) is 0.806. The monoisotopic (exact) mass is 89.1 g/mol. The Labute approximate surface area is 38.6 Å². The van der Waals surface area contributed by atoms with Crippen molar-refractivity contribution in [2.45, 2.75) is 14.4 Å². The first-order valence-electron chi connectivity index (χ1n) is 1.45. The van der Waals surface area contributed by atoms with Gasteiger partial charge < -0.3 is 5.32 Å². The first-order chi connectivity index (χ1) is 2.27. The lowest BCUT2D eigenvalue weighted by molar-refractivity contribution is -0.118. The number of rotatable bonds is 0. The zero-order chi connectivity index (χ0) is 4.28. The summed E-state index contributed by atoms with van der Waals surface area (Å²) < 4.78 is 0. The molecule has 0 spiro atoms. The number of carbonyl (C=O) groups is 1. The molecule has 0 fully saturated rings. The Morgan fingerprint density at radius 2 is 1.83 bits per heavy atom. The SMILES string of the molecule is C.CNC(C)=O. The van der Waals surface area contributed by atoms with Crippen molar-refractivity contribution in [2.24, 2.45) is 0 Å². The van der Waals surface area contributed by atoms with Crippen molar-refractivity contribution in [3.8, 4) is 0 Å². The molecule has 1 amide bonds. The fraction of sp³-hybridized carbons (Fsp3) is 0.750. The third kappa shape index (κ3) is 9.80. The summed E-state index contributed by atoms with van der Waals surface area (Å²) >= 11 is 0. The third-order valence-corrected chi connectivity index (χ3v) is 0.352. The Bertz CT molecular complexity index is 42.8. The minimum Gasteiger partial charge on any atom is -0.359 e. The molecule has 0 bridgehead atoms. The van der Waals surface area contributed by atoms with Crippen molar-refractivity contribution in [2.75, 3.05) is 7.05 Å². The van der Waals surface area contributed by atoms with Crippen LogP contribution < -0.4 is 5.32 Å². The fourth-order valence-electron chi connectivity index (χ4n) is 0. The molecular formula is C4H11NO. The molecule has 0 aromatic carbocycles. The second kappa shape index (κ2) is 4.47. The van der Waals surface area contributed by atoms with Crippen LogP contribution in [0.3, 0.4) is 0 Å². The van der Waals surface area contributed by atoms with Crippen LogP contribution in [-0.2, 0) is 4.79 Å². The van der Waals surface area contributed by atoms with Crippen molar-refractivity contribution < 1.29 is 4.79 Å². The maximum absolute atomic E-state index is 9.70. The van der Waals surface area contributed by atoms with Gasteiger partial charge in [0.1, 0.15) is 0 Å². The van der Waals surface area contributed by atoms with Gasteiger partial charge in [0.05, 0.1) is 0 Å². The van der Waals surface area contributed by atoms with E-state index in [0.717, 1.165) is 0 Å². The lowest BCUT2D eigenvalue weighted by Gasteiger charge is -1.80. The Hall–Kier alpha value is -0.530. The van der Waals surface area contributed by atoms with E-state index in [1.165, 1.54) is 6.92 Å². The van der Waals surface area contributed by atoms with Crippen LogP contribution in [0.4, 0.5) is 0 Å². The largest absolute Gasteiger partial charge is 0.359 e. The van der Waals surface area contributed by atoms with E-state index in [1.54, 1.807) is 7.05 Å². The van der Waals surface area contributed by atoms with Gasteiger partial charge in [0.2, 0.25) is 5.91 Å². The van der Waals surface area contributed by atoms with Crippen molar-refractivity contribution >= 4 is 5.91 Å². The quantitative estimate of drug-likeness (QED) is 0.457. The van der Waals surface area contributed by atoms with Gasteiger partial charge in [0, 0.05) is 14.0 Å². The highest BCUT2D eigenvalue weighted by molar-refractivity contribution is 5.72. The molecule has 0 unspecified atom stereocenters. The highest BCUT2D eigenvalue weighted by Gasteiger charge is 1.72. The summed E-state index contributed by atoms with van der Waals surface area (Å²) in [5.41, 5.74) is 0. The Morgan fingerprint density at radius 1 is 1.67 bits per heavy atom. The molecule has 0 saturated heterocycles. The van der Waals surface area contributed by atoms with E-state index >= 15 is 0 Å². The molecule has 0 heterocycles. The van der Waals surface area contributed by atoms with Crippen LogP contribution in [-0.4, -0.2) is 13.0 Å². The van der Waals surface area contributed by atoms with E-state index in [9.17, 15) is 4.79 Å². The first-order valence-corrected chi connectivity index (χ1v) is 1.45. The van der Waals surface area contributed by atoms with Gasteiger partial charge in [-0.25, -0.2) is 0 Å². The molecule has 6 heavy (non-hydrogen) atoms. The minimum absolute atomic E-state index is 0. The van der Waals surface area contributed by atoms with Gasteiger partial charge >= 0.3 is 0 Å². The summed E-state index contributed by atoms with van der Waals surface area (Å²) in [7, 11) is 1.60. The van der Waals surface area contributed by atoms with Crippen molar-refractivity contribution in [1.82, 2.24) is 5.32 Å². The summed E-state index contributed by atoms with van der Waals surface area (Å²) in [6.07, 6.45) is 0. The zero-order valence-corrected chi connectivity index (χ0v) is 3.41. The maximum atomic E-state index is 9.70. The van der Waals surface area contributed by atoms with Gasteiger partial charge in [-0.05, 0) is 0 Å². The summed E-state index contributed by atoms with van der Waals surface area (Å²) in [6.45, 7) is 1.47. The molecule has 2 nitrogen and oxygen atoms in total. The highest BCUT2D eigenvalue weighted by Crippen LogP contribution is 1.45. The molecule has 2 heteroatoms. The van der Waals surface area contributed by atoms with Crippen LogP contribution in [0.2, 0.25) is 0 Å². The van der Waals surface area contributed by atoms with Crippen LogP contribution in [0.1, 0.15) is 14.4 Å². The standard InChI is InChI=1S/C3H7NO.CH4/c1-3(5)4-2;/h1-2H3,(H,4,5);1H4. The van der Waals surface area contributed by atoms with Gasteiger partial charge in [-0.2, -0.15) is 0 Å². The van der Waals surface area contributed by atoms with Crippen LogP contribution in [0, 0.1) is 0 Å². The molecule has 0 aliphatic carbocycles. The number of hydrogen-bond acceptors (Lipinski definition) is 1. The fourth-order valence-corrected chi connectivity index (χ4v) is 0. The van der Waals surface area contributed by atoms with Gasteiger partial charge in [0.25, 0.3) is 0 Å². The summed E-state index contributed by atoms with van der Waals surface area (Å²) in [5, 5.41) is 2.39. The van der Waals surface area contributed by atoms with Crippen LogP contribution in [0.15, 0.2) is 0 Å². The maximum Gasteiger partial charge on any atom is 0.216 e. The molecule has 0 saturated carbocycles. The van der Waals surface area contributed by atoms with Crippen LogP contribution >= 0.6 is 0 Å². The Morgan fingerprint density at radius 3 is 1.83 bits per heavy atom. The molecule has 1 N–H and O–H groups in total. The van der Waals surface area contributed by atoms with E-state index in [2.05, 4.69) is 5.32 Å². The Balaban J connectivity index is 0. The normalized spacial score (nSPS) is 5.67. The Kier molecular flexibility index (Phi) is 6.76. The third-order valence-electron chi connectivity index (χ3n) is 0.352. The average Bonchev–Trinajstić information content (AvgIpc) is 1.38. The smallest absolute Gasteiger partial charge is 0.216 e. The zero-order valence-electron chi connectivity index (χ0n) is 3.41. The minimum atomic E-state index is 0. The lowest BCUT2D eigenvalue weighted by atomic mass is 10.7. The molecule has 0 aromatic heterocycles. The van der Waals surface area contributed by atoms with Crippen molar-refractivity contribution in [3.63, 3.8) is 0 Å². The molecule has 0 atom stereocenters. The first kappa shape index (κ1) is 9.08. The topological polar surface area (TPSA) is 29.1 Å². The van der Waals surface area contributed by atoms with E-state index in [0.29, 0.717) is 0 Å². The number of nitrogens with one attached hydrogen (secondary N) is 1. The molecule has 0 aliphatic rings. The molecule has 0 radical (unpaired) electrons. The highest BCUT2D eigenvalue weighted by atomic mass is 16.1. The molecule has 0 rings (SSSR count). The van der Waals surface area contributed by atoms with Crippen molar-refractivity contribution in [1.29, 1.82) is 0 Å². The van der Waals surface area contributed by atoms with Crippen LogP contribution in [0.25, 0.3) is 0 Å². The van der Waals surface area contributed by atoms with Gasteiger partial charge in [-0.15, -0.1) is 0 Å². The predicted octanol–water partition coefficient (Wildman–Crippen LogP) is 0.388. The van der Waals surface area contributed by atoms with Gasteiger partial charge in [-0.1, -0.05) is 7.43 Å². The van der Waals surface area contributed by atoms with E-state index < -0.39 is 0 Å². The molecule has 38 valence electrons. The molecule has 0 aliphatic heterocycles. The second-order valence-electron chi connectivity index (χ2n) is 0.806. The van der Waals surface area contributed by atoms with Gasteiger partial charge in [0.15, 0.2) is 0 Å². The lowest BCUT2D eigenvalue weighted by Crippen LogP contribution is -2.11. The summed E-state index contributed by atoms with van der Waals surface area (Å²) in [4.78, 5) is 9.70. The molecule has 0 aromatic rings. The number of hydrogen-bond donors (Lipinski definition) is 1. The number of carbonyl (C=O) groups excluding carboxylic acids is 1. The van der Waals surface area contributed by atoms with E-state index in [-0.39, 0.29) is 13.3 Å². The van der Waals surface area contributed by atoms with Crippen molar-refractivity contribution in [3.05, 3.63) is 0 Å². The van der Waals surface area contributed by atoms with E-state index in [4.69, 9.17) is 0 Å². The number of amides is 1. The predicted molar refractivity (Wildman–Crippen MR) is 26.5 cm³/mol. The van der Waals surface area contributed by atoms with Gasteiger partial charge in [-0.3, -0.25) is 4.79 Å².